The number of rotatable bonds is 7. The molecule has 1 aromatic carbocycles. The van der Waals surface area contributed by atoms with Gasteiger partial charge >= 0.3 is 0 Å². The third-order valence-corrected chi connectivity index (χ3v) is 3.74. The summed E-state index contributed by atoms with van der Waals surface area (Å²) < 4.78 is 26.0. The number of allylic oxidation sites excluding steroid dienone is 1. The molecule has 0 saturated heterocycles. The number of para-hydroxylation sites is 1. The summed E-state index contributed by atoms with van der Waals surface area (Å²) in [6.07, 6.45) is 4.26. The van der Waals surface area contributed by atoms with E-state index in [0.29, 0.717) is 6.42 Å². The summed E-state index contributed by atoms with van der Waals surface area (Å²) in [6, 6.07) is 5.83. The topological polar surface area (TPSA) is 89.3 Å². The van der Waals surface area contributed by atoms with Crippen LogP contribution in [0.25, 0.3) is 0 Å². The molecule has 104 valence electrons. The van der Waals surface area contributed by atoms with Crippen molar-refractivity contribution in [3.8, 4) is 0 Å². The van der Waals surface area contributed by atoms with Gasteiger partial charge in [-0.2, -0.15) is 0 Å². The molecule has 0 spiro atoms. The van der Waals surface area contributed by atoms with Crippen molar-refractivity contribution >= 4 is 15.7 Å². The minimum Gasteiger partial charge on any atom is -0.258 e. The molecular formula is C12H16N2O4S. The van der Waals surface area contributed by atoms with Crippen LogP contribution in [0.1, 0.15) is 18.9 Å². The Morgan fingerprint density at radius 3 is 2.68 bits per heavy atom. The van der Waals surface area contributed by atoms with Crippen molar-refractivity contribution in [1.29, 1.82) is 0 Å². The molecule has 19 heavy (non-hydrogen) atoms. The van der Waals surface area contributed by atoms with E-state index in [-0.39, 0.29) is 23.5 Å². The van der Waals surface area contributed by atoms with E-state index in [1.165, 1.54) is 18.2 Å². The molecule has 0 amide bonds. The number of nitrogens with zero attached hydrogens (tertiary/aromatic N) is 1. The van der Waals surface area contributed by atoms with Crippen LogP contribution in [0.2, 0.25) is 0 Å². The summed E-state index contributed by atoms with van der Waals surface area (Å²) in [5.41, 5.74) is 0.00682. The molecule has 0 heterocycles. The summed E-state index contributed by atoms with van der Waals surface area (Å²) in [6.45, 7) is 2.13. The van der Waals surface area contributed by atoms with Crippen LogP contribution < -0.4 is 4.72 Å². The van der Waals surface area contributed by atoms with E-state index < -0.39 is 14.9 Å². The van der Waals surface area contributed by atoms with Crippen molar-refractivity contribution in [2.24, 2.45) is 0 Å². The molecule has 0 fully saturated rings. The number of benzene rings is 1. The van der Waals surface area contributed by atoms with E-state index in [1.54, 1.807) is 6.07 Å². The van der Waals surface area contributed by atoms with Gasteiger partial charge in [-0.25, -0.2) is 13.1 Å². The fourth-order valence-electron chi connectivity index (χ4n) is 1.53. The van der Waals surface area contributed by atoms with Gasteiger partial charge < -0.3 is 0 Å². The third kappa shape index (κ3) is 5.19. The van der Waals surface area contributed by atoms with Gasteiger partial charge in [0, 0.05) is 18.2 Å². The zero-order valence-corrected chi connectivity index (χ0v) is 11.4. The highest BCUT2D eigenvalue weighted by Gasteiger charge is 2.18. The molecule has 1 N–H and O–H groups in total. The maximum absolute atomic E-state index is 11.8. The predicted octanol–water partition coefficient (Wildman–Crippen LogP) is 1.98. The first-order chi connectivity index (χ1) is 8.96. The lowest BCUT2D eigenvalue weighted by Crippen LogP contribution is -2.26. The number of hydrogen-bond donors (Lipinski definition) is 1. The molecule has 0 aromatic heterocycles. The fraction of sp³-hybridized carbons (Fsp3) is 0.333. The maximum Gasteiger partial charge on any atom is 0.273 e. The second-order valence-corrected chi connectivity index (χ2v) is 5.70. The SMILES string of the molecule is C/C=C/CCNS(=O)(=O)Cc1ccccc1[N+](=O)[O-]. The zero-order chi connectivity index (χ0) is 14.3. The molecule has 1 rings (SSSR count). The lowest BCUT2D eigenvalue weighted by atomic mass is 10.2. The molecule has 0 aliphatic heterocycles. The van der Waals surface area contributed by atoms with Crippen molar-refractivity contribution < 1.29 is 13.3 Å². The average Bonchev–Trinajstić information content (AvgIpc) is 2.34. The number of hydrogen-bond acceptors (Lipinski definition) is 4. The Labute approximate surface area is 112 Å². The molecule has 0 saturated carbocycles. The van der Waals surface area contributed by atoms with Crippen LogP contribution in [0.5, 0.6) is 0 Å². The van der Waals surface area contributed by atoms with Crippen LogP contribution in [0, 0.1) is 10.1 Å². The van der Waals surface area contributed by atoms with E-state index in [1.807, 2.05) is 19.1 Å². The zero-order valence-electron chi connectivity index (χ0n) is 10.6. The normalized spacial score (nSPS) is 11.8. The Bertz CT molecular complexity index is 567. The summed E-state index contributed by atoms with van der Waals surface area (Å²) in [7, 11) is -3.56. The largest absolute Gasteiger partial charge is 0.273 e. The van der Waals surface area contributed by atoms with E-state index in [4.69, 9.17) is 0 Å². The molecule has 0 aliphatic rings. The van der Waals surface area contributed by atoms with Gasteiger partial charge in [-0.05, 0) is 13.3 Å². The highest BCUT2D eigenvalue weighted by Crippen LogP contribution is 2.19. The smallest absolute Gasteiger partial charge is 0.258 e. The Hall–Kier alpha value is -1.73. The van der Waals surface area contributed by atoms with Crippen LogP contribution >= 0.6 is 0 Å². The van der Waals surface area contributed by atoms with Crippen LogP contribution in [-0.2, 0) is 15.8 Å². The van der Waals surface area contributed by atoms with E-state index >= 15 is 0 Å². The maximum atomic E-state index is 11.8. The van der Waals surface area contributed by atoms with Crippen LogP contribution in [-0.4, -0.2) is 19.9 Å². The minimum absolute atomic E-state index is 0.179. The monoisotopic (exact) mass is 284 g/mol. The number of nitro groups is 1. The summed E-state index contributed by atoms with van der Waals surface area (Å²) >= 11 is 0. The number of sulfonamides is 1. The Morgan fingerprint density at radius 1 is 1.37 bits per heavy atom. The predicted molar refractivity (Wildman–Crippen MR) is 73.2 cm³/mol. The average molecular weight is 284 g/mol. The van der Waals surface area contributed by atoms with Gasteiger partial charge in [0.15, 0.2) is 0 Å². The Balaban J connectivity index is 2.75. The van der Waals surface area contributed by atoms with Gasteiger partial charge in [-0.3, -0.25) is 10.1 Å². The second kappa shape index (κ2) is 7.01. The van der Waals surface area contributed by atoms with Gasteiger partial charge in [-0.15, -0.1) is 0 Å². The molecule has 6 nitrogen and oxygen atoms in total. The van der Waals surface area contributed by atoms with Crippen molar-refractivity contribution in [3.63, 3.8) is 0 Å². The lowest BCUT2D eigenvalue weighted by molar-refractivity contribution is -0.385. The van der Waals surface area contributed by atoms with Crippen LogP contribution in [0.3, 0.4) is 0 Å². The molecule has 1 aromatic rings. The quantitative estimate of drug-likeness (QED) is 0.359. The van der Waals surface area contributed by atoms with Crippen LogP contribution in [0.15, 0.2) is 36.4 Å². The molecule has 0 bridgehead atoms. The summed E-state index contributed by atoms with van der Waals surface area (Å²) in [5, 5.41) is 10.8. The third-order valence-electron chi connectivity index (χ3n) is 2.40. The first-order valence-electron chi connectivity index (χ1n) is 5.77. The van der Waals surface area contributed by atoms with Gasteiger partial charge in [-0.1, -0.05) is 30.4 Å². The number of nitro benzene ring substituents is 1. The standard InChI is InChI=1S/C12H16N2O4S/c1-2-3-6-9-13-19(17,18)10-11-7-4-5-8-12(11)14(15)16/h2-5,7-8,13H,6,9-10H2,1H3/b3-2+. The minimum atomic E-state index is -3.56. The van der Waals surface area contributed by atoms with Crippen LogP contribution in [0.4, 0.5) is 5.69 Å². The fourth-order valence-corrected chi connectivity index (χ4v) is 2.72. The summed E-state index contributed by atoms with van der Waals surface area (Å²) in [5.74, 6) is -0.389. The molecule has 7 heteroatoms. The van der Waals surface area contributed by atoms with E-state index in [2.05, 4.69) is 4.72 Å². The van der Waals surface area contributed by atoms with Crippen molar-refractivity contribution in [2.75, 3.05) is 6.54 Å². The lowest BCUT2D eigenvalue weighted by Gasteiger charge is -2.06. The highest BCUT2D eigenvalue weighted by molar-refractivity contribution is 7.88. The first-order valence-corrected chi connectivity index (χ1v) is 7.42. The van der Waals surface area contributed by atoms with Gasteiger partial charge in [0.05, 0.1) is 10.7 Å². The van der Waals surface area contributed by atoms with Crippen molar-refractivity contribution in [1.82, 2.24) is 4.72 Å². The molecule has 0 radical (unpaired) electrons. The first kappa shape index (κ1) is 15.3. The molecule has 0 atom stereocenters. The molecule has 0 unspecified atom stereocenters. The van der Waals surface area contributed by atoms with Gasteiger partial charge in [0.1, 0.15) is 0 Å². The molecular weight excluding hydrogens is 268 g/mol. The van der Waals surface area contributed by atoms with Crippen molar-refractivity contribution in [2.45, 2.75) is 19.1 Å². The molecule has 0 aliphatic carbocycles. The Kier molecular flexibility index (Phi) is 5.65. The van der Waals surface area contributed by atoms with Gasteiger partial charge in [0.2, 0.25) is 10.0 Å². The second-order valence-electron chi connectivity index (χ2n) is 3.90. The Morgan fingerprint density at radius 2 is 2.05 bits per heavy atom. The van der Waals surface area contributed by atoms with E-state index in [0.717, 1.165) is 0 Å². The number of nitrogens with one attached hydrogen (secondary N) is 1. The summed E-state index contributed by atoms with van der Waals surface area (Å²) in [4.78, 5) is 10.2. The highest BCUT2D eigenvalue weighted by atomic mass is 32.2. The van der Waals surface area contributed by atoms with Gasteiger partial charge in [0.25, 0.3) is 5.69 Å². The van der Waals surface area contributed by atoms with Crippen molar-refractivity contribution in [3.05, 3.63) is 52.1 Å². The van der Waals surface area contributed by atoms with E-state index in [9.17, 15) is 18.5 Å².